The second-order valence-corrected chi connectivity index (χ2v) is 22.1. The lowest BCUT2D eigenvalue weighted by molar-refractivity contribution is -0.143. The Morgan fingerprint density at radius 3 is 1.00 bits per heavy atom. The number of allylic oxidation sites excluding steroid dienone is 3. The molecule has 0 heterocycles. The molecule has 0 rings (SSSR count). The van der Waals surface area contributed by atoms with Crippen LogP contribution < -0.4 is 5.32 Å². The number of carbonyl (C=O) groups is 2. The van der Waals surface area contributed by atoms with Crippen molar-refractivity contribution in [2.45, 2.75) is 366 Å². The summed E-state index contributed by atoms with van der Waals surface area (Å²) in [5.41, 5.74) is 0. The number of carbonyl (C=O) groups excluding carboxylic acids is 2. The van der Waals surface area contributed by atoms with Crippen LogP contribution in [0.4, 0.5) is 0 Å². The highest BCUT2D eigenvalue weighted by atomic mass is 16.5. The minimum Gasteiger partial charge on any atom is -0.466 e. The lowest BCUT2D eigenvalue weighted by Gasteiger charge is -2.20. The van der Waals surface area contributed by atoms with Crippen molar-refractivity contribution in [3.8, 4) is 0 Å². The molecule has 6 nitrogen and oxygen atoms in total. The van der Waals surface area contributed by atoms with E-state index in [4.69, 9.17) is 4.74 Å². The number of rotatable bonds is 60. The SMILES string of the molecule is CCCCCCCCCCCCCC/C=C/C(O)C(CO)NC(=O)CCCCCCCCCC/C=C\CCCCCCCCCCCCCCOC(=O)CCCCCCCCCCCCCCCCCC. The Morgan fingerprint density at radius 1 is 0.380 bits per heavy atom. The zero-order valence-electron chi connectivity index (χ0n) is 48.0. The van der Waals surface area contributed by atoms with Crippen LogP contribution in [-0.2, 0) is 14.3 Å². The second-order valence-electron chi connectivity index (χ2n) is 22.1. The molecule has 71 heavy (non-hydrogen) atoms. The standard InChI is InChI=1S/C65H125NO5/c1-3-5-7-9-11-13-15-17-19-31-35-39-43-47-51-55-59-65(70)71-60-56-52-48-44-40-36-32-29-27-25-23-21-20-22-24-26-28-30-34-38-42-46-50-54-58-64(69)66-62(61-67)63(68)57-53-49-45-41-37-33-18-16-14-12-10-8-6-4-2/h22,24,53,57,62-63,67-68H,3-21,23,25-52,54-56,58-61H2,1-2H3,(H,66,69)/b24-22-,57-53+. The van der Waals surface area contributed by atoms with E-state index < -0.39 is 12.1 Å². The summed E-state index contributed by atoms with van der Waals surface area (Å²) in [6.45, 7) is 4.92. The number of aliphatic hydroxyl groups excluding tert-OH is 2. The molecule has 0 aromatic carbocycles. The first-order valence-corrected chi connectivity index (χ1v) is 32.1. The number of esters is 1. The smallest absolute Gasteiger partial charge is 0.305 e. The Morgan fingerprint density at radius 2 is 0.662 bits per heavy atom. The molecule has 0 fully saturated rings. The highest BCUT2D eigenvalue weighted by Gasteiger charge is 2.18. The first-order valence-electron chi connectivity index (χ1n) is 32.1. The van der Waals surface area contributed by atoms with Crippen molar-refractivity contribution < 1.29 is 24.5 Å². The van der Waals surface area contributed by atoms with Crippen LogP contribution in [0.1, 0.15) is 354 Å². The van der Waals surface area contributed by atoms with Gasteiger partial charge in [-0.1, -0.05) is 308 Å². The van der Waals surface area contributed by atoms with Crippen molar-refractivity contribution in [1.82, 2.24) is 5.32 Å². The van der Waals surface area contributed by atoms with Crippen LogP contribution in [0.25, 0.3) is 0 Å². The zero-order chi connectivity index (χ0) is 51.4. The first-order chi connectivity index (χ1) is 35.0. The summed E-state index contributed by atoms with van der Waals surface area (Å²) in [5.74, 6) is -0.0552. The molecule has 0 bridgehead atoms. The van der Waals surface area contributed by atoms with E-state index in [1.54, 1.807) is 6.08 Å². The molecule has 0 aromatic heterocycles. The number of hydrogen-bond donors (Lipinski definition) is 3. The fourth-order valence-electron chi connectivity index (χ4n) is 10.0. The van der Waals surface area contributed by atoms with Crippen LogP contribution in [0, 0.1) is 0 Å². The maximum Gasteiger partial charge on any atom is 0.305 e. The van der Waals surface area contributed by atoms with Crippen molar-refractivity contribution in [2.24, 2.45) is 0 Å². The molecule has 0 spiro atoms. The van der Waals surface area contributed by atoms with Crippen LogP contribution in [-0.4, -0.2) is 47.4 Å². The van der Waals surface area contributed by atoms with Gasteiger partial charge in [0.05, 0.1) is 25.4 Å². The lowest BCUT2D eigenvalue weighted by Crippen LogP contribution is -2.45. The van der Waals surface area contributed by atoms with Gasteiger partial charge in [0.2, 0.25) is 5.91 Å². The molecular weight excluding hydrogens is 875 g/mol. The van der Waals surface area contributed by atoms with Gasteiger partial charge in [-0.2, -0.15) is 0 Å². The van der Waals surface area contributed by atoms with E-state index in [0.717, 1.165) is 38.5 Å². The van der Waals surface area contributed by atoms with Crippen LogP contribution >= 0.6 is 0 Å². The molecule has 0 aliphatic heterocycles. The van der Waals surface area contributed by atoms with Gasteiger partial charge in [-0.25, -0.2) is 0 Å². The fraction of sp³-hybridized carbons (Fsp3) is 0.908. The Hall–Kier alpha value is -1.66. The van der Waals surface area contributed by atoms with Crippen LogP contribution in [0.3, 0.4) is 0 Å². The molecule has 0 radical (unpaired) electrons. The topological polar surface area (TPSA) is 95.9 Å². The Kier molecular flexibility index (Phi) is 59.5. The van der Waals surface area contributed by atoms with Crippen molar-refractivity contribution >= 4 is 11.9 Å². The van der Waals surface area contributed by atoms with E-state index >= 15 is 0 Å². The molecular formula is C65H125NO5. The third-order valence-electron chi connectivity index (χ3n) is 15.0. The summed E-state index contributed by atoms with van der Waals surface area (Å²) < 4.78 is 5.50. The largest absolute Gasteiger partial charge is 0.466 e. The summed E-state index contributed by atoms with van der Waals surface area (Å²) in [6.07, 6.45) is 75.1. The van der Waals surface area contributed by atoms with Gasteiger partial charge in [0.1, 0.15) is 0 Å². The van der Waals surface area contributed by atoms with E-state index in [-0.39, 0.29) is 18.5 Å². The third kappa shape index (κ3) is 57.5. The summed E-state index contributed by atoms with van der Waals surface area (Å²) in [7, 11) is 0. The van der Waals surface area contributed by atoms with Gasteiger partial charge in [0.15, 0.2) is 0 Å². The maximum atomic E-state index is 12.5. The highest BCUT2D eigenvalue weighted by Crippen LogP contribution is 2.18. The lowest BCUT2D eigenvalue weighted by atomic mass is 10.0. The van der Waals surface area contributed by atoms with Gasteiger partial charge in [0.25, 0.3) is 0 Å². The molecule has 2 atom stereocenters. The molecule has 0 aliphatic carbocycles. The number of amides is 1. The normalized spacial score (nSPS) is 12.7. The molecule has 0 aromatic rings. The van der Waals surface area contributed by atoms with Gasteiger partial charge < -0.3 is 20.3 Å². The van der Waals surface area contributed by atoms with Gasteiger partial charge in [-0.3, -0.25) is 9.59 Å². The quantitative estimate of drug-likeness (QED) is 0.0320. The third-order valence-corrected chi connectivity index (χ3v) is 15.0. The summed E-state index contributed by atoms with van der Waals surface area (Å²) >= 11 is 0. The van der Waals surface area contributed by atoms with E-state index in [2.05, 4.69) is 31.3 Å². The van der Waals surface area contributed by atoms with E-state index in [0.29, 0.717) is 19.4 Å². The van der Waals surface area contributed by atoms with Crippen molar-refractivity contribution in [3.05, 3.63) is 24.3 Å². The van der Waals surface area contributed by atoms with E-state index in [9.17, 15) is 19.8 Å². The molecule has 420 valence electrons. The molecule has 2 unspecified atom stereocenters. The Bertz CT molecular complexity index is 1110. The molecule has 0 saturated carbocycles. The minimum absolute atomic E-state index is 0.0159. The molecule has 0 aliphatic rings. The van der Waals surface area contributed by atoms with Gasteiger partial charge in [0, 0.05) is 12.8 Å². The number of aliphatic hydroxyl groups is 2. The van der Waals surface area contributed by atoms with E-state index in [1.807, 2.05) is 6.08 Å². The van der Waals surface area contributed by atoms with Crippen LogP contribution in [0.5, 0.6) is 0 Å². The zero-order valence-corrected chi connectivity index (χ0v) is 48.0. The van der Waals surface area contributed by atoms with Crippen LogP contribution in [0.2, 0.25) is 0 Å². The average Bonchev–Trinajstić information content (AvgIpc) is 3.37. The number of ether oxygens (including phenoxy) is 1. The highest BCUT2D eigenvalue weighted by molar-refractivity contribution is 5.76. The number of nitrogens with one attached hydrogen (secondary N) is 1. The summed E-state index contributed by atoms with van der Waals surface area (Å²) in [5, 5.41) is 23.1. The first kappa shape index (κ1) is 69.3. The fourth-order valence-corrected chi connectivity index (χ4v) is 10.0. The monoisotopic (exact) mass is 1000 g/mol. The predicted octanol–water partition coefficient (Wildman–Crippen LogP) is 20.2. The van der Waals surface area contributed by atoms with Crippen molar-refractivity contribution in [1.29, 1.82) is 0 Å². The van der Waals surface area contributed by atoms with Gasteiger partial charge >= 0.3 is 5.97 Å². The molecule has 0 saturated heterocycles. The summed E-state index contributed by atoms with van der Waals surface area (Å²) in [4.78, 5) is 24.5. The molecule has 3 N–H and O–H groups in total. The Labute approximate surface area is 443 Å². The Balaban J connectivity index is 3.40. The summed E-state index contributed by atoms with van der Waals surface area (Å²) in [6, 6.07) is -0.630. The van der Waals surface area contributed by atoms with Crippen molar-refractivity contribution in [2.75, 3.05) is 13.2 Å². The number of unbranched alkanes of at least 4 members (excludes halogenated alkanes) is 47. The van der Waals surface area contributed by atoms with Gasteiger partial charge in [-0.15, -0.1) is 0 Å². The predicted molar refractivity (Wildman–Crippen MR) is 310 cm³/mol. The molecule has 1 amide bonds. The molecule has 6 heteroatoms. The second kappa shape index (κ2) is 60.9. The van der Waals surface area contributed by atoms with Crippen LogP contribution in [0.15, 0.2) is 24.3 Å². The maximum absolute atomic E-state index is 12.5. The minimum atomic E-state index is -0.846. The average molecular weight is 1000 g/mol. The van der Waals surface area contributed by atoms with E-state index in [1.165, 1.54) is 289 Å². The van der Waals surface area contributed by atoms with Gasteiger partial charge in [-0.05, 0) is 57.8 Å². The van der Waals surface area contributed by atoms with Crippen molar-refractivity contribution in [3.63, 3.8) is 0 Å². The number of hydrogen-bond acceptors (Lipinski definition) is 5.